The first kappa shape index (κ1) is 15.5. The molecular formula is C15H24N2O2. The van der Waals surface area contributed by atoms with E-state index in [4.69, 9.17) is 5.73 Å². The number of phenols is 1. The van der Waals surface area contributed by atoms with Crippen LogP contribution in [-0.2, 0) is 4.79 Å². The van der Waals surface area contributed by atoms with E-state index in [2.05, 4.69) is 5.32 Å². The Balaban J connectivity index is 2.42. The topological polar surface area (TPSA) is 75.4 Å². The molecule has 0 bridgehead atoms. The van der Waals surface area contributed by atoms with Gasteiger partial charge in [0, 0.05) is 12.1 Å². The highest BCUT2D eigenvalue weighted by Gasteiger charge is 2.07. The number of carbonyl (C=O) groups excluding carboxylic acids is 1. The quantitative estimate of drug-likeness (QED) is 0.523. The van der Waals surface area contributed by atoms with Crippen molar-refractivity contribution in [2.75, 3.05) is 11.9 Å². The van der Waals surface area contributed by atoms with Crippen LogP contribution in [0.1, 0.15) is 43.2 Å². The van der Waals surface area contributed by atoms with Crippen LogP contribution in [0, 0.1) is 13.8 Å². The summed E-state index contributed by atoms with van der Waals surface area (Å²) in [6.45, 7) is 4.41. The highest BCUT2D eigenvalue weighted by atomic mass is 16.3. The summed E-state index contributed by atoms with van der Waals surface area (Å²) >= 11 is 0. The molecule has 0 aliphatic rings. The number of carbonyl (C=O) groups is 1. The third-order valence-electron chi connectivity index (χ3n) is 3.17. The van der Waals surface area contributed by atoms with Gasteiger partial charge in [0.1, 0.15) is 5.75 Å². The van der Waals surface area contributed by atoms with E-state index in [1.807, 2.05) is 13.8 Å². The van der Waals surface area contributed by atoms with E-state index in [1.165, 1.54) is 0 Å². The van der Waals surface area contributed by atoms with Crippen molar-refractivity contribution < 1.29 is 9.90 Å². The molecule has 0 spiro atoms. The van der Waals surface area contributed by atoms with Crippen molar-refractivity contribution in [3.63, 3.8) is 0 Å². The zero-order chi connectivity index (χ0) is 14.3. The van der Waals surface area contributed by atoms with Gasteiger partial charge in [0.05, 0.1) is 0 Å². The average molecular weight is 264 g/mol. The van der Waals surface area contributed by atoms with E-state index in [9.17, 15) is 9.90 Å². The Morgan fingerprint density at radius 3 is 2.53 bits per heavy atom. The number of nitrogens with one attached hydrogen (secondary N) is 1. The number of amides is 1. The number of hydrogen-bond donors (Lipinski definition) is 3. The van der Waals surface area contributed by atoms with Crippen molar-refractivity contribution in [3.05, 3.63) is 23.3 Å². The number of unbranched alkanes of at least 4 members (excludes halogenated alkanes) is 3. The first-order valence-corrected chi connectivity index (χ1v) is 6.84. The lowest BCUT2D eigenvalue weighted by molar-refractivity contribution is -0.116. The Bertz CT molecular complexity index is 430. The number of benzene rings is 1. The predicted octanol–water partition coefficient (Wildman–Crippen LogP) is 2.86. The number of nitrogens with two attached hydrogens (primary N) is 1. The minimum atomic E-state index is 0.0286. The molecule has 0 aliphatic heterocycles. The maximum atomic E-state index is 11.8. The first-order chi connectivity index (χ1) is 9.04. The van der Waals surface area contributed by atoms with Crippen molar-refractivity contribution in [3.8, 4) is 5.75 Å². The molecule has 106 valence electrons. The van der Waals surface area contributed by atoms with Crippen LogP contribution in [-0.4, -0.2) is 17.6 Å². The van der Waals surface area contributed by atoms with E-state index >= 15 is 0 Å². The Labute approximate surface area is 115 Å². The van der Waals surface area contributed by atoms with E-state index < -0.39 is 0 Å². The average Bonchev–Trinajstić information content (AvgIpc) is 2.35. The van der Waals surface area contributed by atoms with Gasteiger partial charge in [0.2, 0.25) is 5.91 Å². The highest BCUT2D eigenvalue weighted by molar-refractivity contribution is 5.91. The molecule has 19 heavy (non-hydrogen) atoms. The van der Waals surface area contributed by atoms with Gasteiger partial charge in [-0.05, 0) is 56.5 Å². The molecule has 0 aromatic heterocycles. The van der Waals surface area contributed by atoms with E-state index in [0.717, 1.165) is 49.0 Å². The number of rotatable bonds is 7. The fraction of sp³-hybridized carbons (Fsp3) is 0.533. The fourth-order valence-corrected chi connectivity index (χ4v) is 1.93. The molecule has 4 N–H and O–H groups in total. The third-order valence-corrected chi connectivity index (χ3v) is 3.17. The Morgan fingerprint density at radius 1 is 1.16 bits per heavy atom. The molecule has 0 saturated heterocycles. The Morgan fingerprint density at radius 2 is 1.84 bits per heavy atom. The molecule has 0 aliphatic carbocycles. The molecule has 0 unspecified atom stereocenters. The third kappa shape index (κ3) is 5.30. The van der Waals surface area contributed by atoms with Gasteiger partial charge < -0.3 is 16.2 Å². The summed E-state index contributed by atoms with van der Waals surface area (Å²) in [6, 6.07) is 3.48. The second kappa shape index (κ2) is 7.79. The molecule has 0 heterocycles. The number of anilines is 1. The fourth-order valence-electron chi connectivity index (χ4n) is 1.93. The van der Waals surface area contributed by atoms with Crippen LogP contribution in [0.15, 0.2) is 12.1 Å². The van der Waals surface area contributed by atoms with Crippen LogP contribution in [0.25, 0.3) is 0 Å². The minimum absolute atomic E-state index is 0.0286. The lowest BCUT2D eigenvalue weighted by Crippen LogP contribution is -2.12. The largest absolute Gasteiger partial charge is 0.508 e. The van der Waals surface area contributed by atoms with E-state index in [1.54, 1.807) is 12.1 Å². The van der Waals surface area contributed by atoms with Gasteiger partial charge in [-0.3, -0.25) is 4.79 Å². The zero-order valence-electron chi connectivity index (χ0n) is 11.8. The van der Waals surface area contributed by atoms with Crippen LogP contribution in [0.4, 0.5) is 5.69 Å². The van der Waals surface area contributed by atoms with Crippen LogP contribution < -0.4 is 11.1 Å². The van der Waals surface area contributed by atoms with Crippen molar-refractivity contribution in [1.29, 1.82) is 0 Å². The molecule has 4 heteroatoms. The summed E-state index contributed by atoms with van der Waals surface area (Å²) in [7, 11) is 0. The van der Waals surface area contributed by atoms with Crippen LogP contribution in [0.2, 0.25) is 0 Å². The van der Waals surface area contributed by atoms with Gasteiger partial charge in [0.15, 0.2) is 0 Å². The maximum absolute atomic E-state index is 11.8. The second-order valence-corrected chi connectivity index (χ2v) is 4.95. The smallest absolute Gasteiger partial charge is 0.224 e. The predicted molar refractivity (Wildman–Crippen MR) is 78.3 cm³/mol. The second-order valence-electron chi connectivity index (χ2n) is 4.95. The summed E-state index contributed by atoms with van der Waals surface area (Å²) in [5, 5.41) is 12.5. The van der Waals surface area contributed by atoms with Crippen LogP contribution >= 0.6 is 0 Å². The number of aryl methyl sites for hydroxylation is 2. The molecule has 0 atom stereocenters. The monoisotopic (exact) mass is 264 g/mol. The molecule has 1 rings (SSSR count). The first-order valence-electron chi connectivity index (χ1n) is 6.84. The summed E-state index contributed by atoms with van der Waals surface area (Å²) in [5.74, 6) is 0.290. The van der Waals surface area contributed by atoms with Gasteiger partial charge in [-0.2, -0.15) is 0 Å². The molecular weight excluding hydrogens is 240 g/mol. The summed E-state index contributed by atoms with van der Waals surface area (Å²) in [6.07, 6.45) is 4.57. The lowest BCUT2D eigenvalue weighted by Gasteiger charge is -2.10. The molecule has 0 radical (unpaired) electrons. The lowest BCUT2D eigenvalue weighted by atomic mass is 10.1. The van der Waals surface area contributed by atoms with Crippen molar-refractivity contribution in [2.24, 2.45) is 5.73 Å². The standard InChI is InChI=1S/C15H24N2O2/c1-11-10-14(18)12(2)9-13(11)17-15(19)7-5-3-4-6-8-16/h9-10,18H,3-8,16H2,1-2H3,(H,17,19). The SMILES string of the molecule is Cc1cc(NC(=O)CCCCCCN)c(C)cc1O. The molecule has 1 aromatic rings. The summed E-state index contributed by atoms with van der Waals surface area (Å²) < 4.78 is 0. The Hall–Kier alpha value is -1.55. The van der Waals surface area contributed by atoms with Crippen molar-refractivity contribution in [1.82, 2.24) is 0 Å². The summed E-state index contributed by atoms with van der Waals surface area (Å²) in [5.41, 5.74) is 7.84. The molecule has 1 aromatic carbocycles. The van der Waals surface area contributed by atoms with Crippen molar-refractivity contribution >= 4 is 11.6 Å². The minimum Gasteiger partial charge on any atom is -0.508 e. The molecule has 1 amide bonds. The van der Waals surface area contributed by atoms with Gasteiger partial charge >= 0.3 is 0 Å². The normalized spacial score (nSPS) is 10.5. The van der Waals surface area contributed by atoms with Crippen LogP contribution in [0.3, 0.4) is 0 Å². The van der Waals surface area contributed by atoms with E-state index in [0.29, 0.717) is 6.42 Å². The van der Waals surface area contributed by atoms with Gasteiger partial charge in [0.25, 0.3) is 0 Å². The van der Waals surface area contributed by atoms with E-state index in [-0.39, 0.29) is 11.7 Å². The van der Waals surface area contributed by atoms with Crippen molar-refractivity contribution in [2.45, 2.75) is 46.0 Å². The van der Waals surface area contributed by atoms with Gasteiger partial charge in [-0.15, -0.1) is 0 Å². The number of aromatic hydroxyl groups is 1. The molecule has 4 nitrogen and oxygen atoms in total. The highest BCUT2D eigenvalue weighted by Crippen LogP contribution is 2.25. The summed E-state index contributed by atoms with van der Waals surface area (Å²) in [4.78, 5) is 11.8. The van der Waals surface area contributed by atoms with Gasteiger partial charge in [-0.25, -0.2) is 0 Å². The number of hydrogen-bond acceptors (Lipinski definition) is 3. The number of phenolic OH excluding ortho intramolecular Hbond substituents is 1. The van der Waals surface area contributed by atoms with Gasteiger partial charge in [-0.1, -0.05) is 12.8 Å². The van der Waals surface area contributed by atoms with Crippen LogP contribution in [0.5, 0.6) is 5.75 Å². The molecule has 0 fully saturated rings. The molecule has 0 saturated carbocycles. The zero-order valence-corrected chi connectivity index (χ0v) is 11.8. The maximum Gasteiger partial charge on any atom is 0.224 e. The Kier molecular flexibility index (Phi) is 6.36.